The van der Waals surface area contributed by atoms with E-state index in [0.29, 0.717) is 16.3 Å². The summed E-state index contributed by atoms with van der Waals surface area (Å²) in [7, 11) is 0. The summed E-state index contributed by atoms with van der Waals surface area (Å²) in [6.07, 6.45) is 0. The molecular formula is C10H7ClN2OS. The van der Waals surface area contributed by atoms with Crippen LogP contribution in [-0.4, -0.2) is 15.4 Å². The van der Waals surface area contributed by atoms with Crippen LogP contribution in [0.3, 0.4) is 0 Å². The van der Waals surface area contributed by atoms with E-state index in [0.717, 1.165) is 4.88 Å². The summed E-state index contributed by atoms with van der Waals surface area (Å²) in [6, 6.07) is 6.74. The molecule has 0 saturated heterocycles. The van der Waals surface area contributed by atoms with Gasteiger partial charge >= 0.3 is 0 Å². The van der Waals surface area contributed by atoms with Crippen LogP contribution in [0.5, 0.6) is 0 Å². The molecule has 1 heterocycles. The molecule has 0 unspecified atom stereocenters. The van der Waals surface area contributed by atoms with Crippen LogP contribution in [0.15, 0.2) is 24.3 Å². The molecule has 0 radical (unpaired) electrons. The van der Waals surface area contributed by atoms with Gasteiger partial charge in [0.15, 0.2) is 0 Å². The molecule has 15 heavy (non-hydrogen) atoms. The first-order chi connectivity index (χ1) is 7.18. The van der Waals surface area contributed by atoms with Gasteiger partial charge in [-0.2, -0.15) is 0 Å². The number of aryl methyl sites for hydroxylation is 1. The summed E-state index contributed by atoms with van der Waals surface area (Å²) in [5.74, 6) is -0.113. The predicted octanol–water partition coefficient (Wildman–Crippen LogP) is 2.73. The van der Waals surface area contributed by atoms with Gasteiger partial charge < -0.3 is 0 Å². The Morgan fingerprint density at radius 3 is 2.53 bits per heavy atom. The van der Waals surface area contributed by atoms with Gasteiger partial charge in [0.25, 0.3) is 0 Å². The van der Waals surface area contributed by atoms with Crippen LogP contribution in [0.4, 0.5) is 0 Å². The highest BCUT2D eigenvalue weighted by Gasteiger charge is 2.15. The minimum atomic E-state index is -0.113. The molecule has 0 amide bonds. The highest BCUT2D eigenvalue weighted by molar-refractivity contribution is 7.05. The van der Waals surface area contributed by atoms with Gasteiger partial charge in [-0.1, -0.05) is 16.1 Å². The molecule has 0 N–H and O–H groups in total. The quantitative estimate of drug-likeness (QED) is 0.756. The number of hydrogen-bond donors (Lipinski definition) is 0. The molecule has 3 nitrogen and oxygen atoms in total. The molecule has 0 atom stereocenters. The summed E-state index contributed by atoms with van der Waals surface area (Å²) >= 11 is 6.96. The van der Waals surface area contributed by atoms with Gasteiger partial charge in [0, 0.05) is 10.6 Å². The number of nitrogens with zero attached hydrogens (tertiary/aromatic N) is 2. The molecule has 1 aromatic heterocycles. The molecule has 2 rings (SSSR count). The van der Waals surface area contributed by atoms with Crippen LogP contribution in [-0.2, 0) is 0 Å². The second-order valence-corrected chi connectivity index (χ2v) is 4.41. The van der Waals surface area contributed by atoms with Crippen molar-refractivity contribution in [1.29, 1.82) is 0 Å². The Labute approximate surface area is 95.9 Å². The SMILES string of the molecule is Cc1snnc1C(=O)c1ccc(Cl)cc1. The Bertz CT molecular complexity index is 492. The molecule has 0 aliphatic heterocycles. The number of ketones is 1. The van der Waals surface area contributed by atoms with E-state index in [1.54, 1.807) is 24.3 Å². The summed E-state index contributed by atoms with van der Waals surface area (Å²) in [4.78, 5) is 12.7. The normalized spacial score (nSPS) is 10.3. The van der Waals surface area contributed by atoms with Gasteiger partial charge in [0.05, 0.1) is 4.88 Å². The van der Waals surface area contributed by atoms with Gasteiger partial charge in [-0.25, -0.2) is 0 Å². The van der Waals surface area contributed by atoms with Gasteiger partial charge in [-0.3, -0.25) is 4.79 Å². The molecule has 0 aliphatic rings. The zero-order chi connectivity index (χ0) is 10.8. The van der Waals surface area contributed by atoms with E-state index in [1.807, 2.05) is 6.92 Å². The van der Waals surface area contributed by atoms with E-state index < -0.39 is 0 Å². The minimum absolute atomic E-state index is 0.113. The molecule has 0 spiro atoms. The van der Waals surface area contributed by atoms with Crippen molar-refractivity contribution in [2.75, 3.05) is 0 Å². The van der Waals surface area contributed by atoms with E-state index in [2.05, 4.69) is 9.59 Å². The Morgan fingerprint density at radius 2 is 2.00 bits per heavy atom. The number of benzene rings is 1. The third kappa shape index (κ3) is 2.06. The molecule has 76 valence electrons. The van der Waals surface area contributed by atoms with Crippen molar-refractivity contribution < 1.29 is 4.79 Å². The van der Waals surface area contributed by atoms with Gasteiger partial charge in [-0.05, 0) is 42.7 Å². The zero-order valence-corrected chi connectivity index (χ0v) is 9.47. The van der Waals surface area contributed by atoms with Gasteiger partial charge in [-0.15, -0.1) is 5.10 Å². The number of carbonyl (C=O) groups is 1. The lowest BCUT2D eigenvalue weighted by molar-refractivity contribution is 0.103. The fraction of sp³-hybridized carbons (Fsp3) is 0.100. The molecule has 1 aromatic carbocycles. The Morgan fingerprint density at radius 1 is 1.33 bits per heavy atom. The third-order valence-electron chi connectivity index (χ3n) is 1.97. The summed E-state index contributed by atoms with van der Waals surface area (Å²) < 4.78 is 3.73. The maximum atomic E-state index is 11.9. The lowest BCUT2D eigenvalue weighted by atomic mass is 10.1. The first kappa shape index (κ1) is 10.3. The molecule has 0 saturated carbocycles. The van der Waals surface area contributed by atoms with Crippen LogP contribution in [0.2, 0.25) is 5.02 Å². The van der Waals surface area contributed by atoms with Crippen molar-refractivity contribution in [3.63, 3.8) is 0 Å². The summed E-state index contributed by atoms with van der Waals surface area (Å²) in [6.45, 7) is 1.83. The fourth-order valence-electron chi connectivity index (χ4n) is 1.18. The average Bonchev–Trinajstić information content (AvgIpc) is 2.65. The molecule has 0 bridgehead atoms. The number of rotatable bonds is 2. The van der Waals surface area contributed by atoms with Crippen molar-refractivity contribution >= 4 is 28.9 Å². The van der Waals surface area contributed by atoms with E-state index in [-0.39, 0.29) is 5.78 Å². The molecule has 5 heteroatoms. The van der Waals surface area contributed by atoms with E-state index in [4.69, 9.17) is 11.6 Å². The summed E-state index contributed by atoms with van der Waals surface area (Å²) in [5.41, 5.74) is 0.998. The van der Waals surface area contributed by atoms with Gasteiger partial charge in [0.1, 0.15) is 5.69 Å². The monoisotopic (exact) mass is 238 g/mol. The summed E-state index contributed by atoms with van der Waals surface area (Å²) in [5, 5.41) is 4.41. The molecule has 0 fully saturated rings. The topological polar surface area (TPSA) is 42.9 Å². The van der Waals surface area contributed by atoms with Crippen LogP contribution < -0.4 is 0 Å². The Balaban J connectivity index is 2.37. The maximum Gasteiger partial charge on any atom is 0.214 e. The first-order valence-corrected chi connectivity index (χ1v) is 5.43. The highest BCUT2D eigenvalue weighted by Crippen LogP contribution is 2.16. The minimum Gasteiger partial charge on any atom is -0.287 e. The van der Waals surface area contributed by atoms with Crippen molar-refractivity contribution in [3.8, 4) is 0 Å². The largest absolute Gasteiger partial charge is 0.287 e. The maximum absolute atomic E-state index is 11.9. The van der Waals surface area contributed by atoms with Crippen LogP contribution in [0.25, 0.3) is 0 Å². The van der Waals surface area contributed by atoms with Crippen LogP contribution >= 0.6 is 23.1 Å². The predicted molar refractivity (Wildman–Crippen MR) is 59.5 cm³/mol. The lowest BCUT2D eigenvalue weighted by Crippen LogP contribution is -2.03. The Kier molecular flexibility index (Phi) is 2.79. The van der Waals surface area contributed by atoms with Crippen molar-refractivity contribution in [2.24, 2.45) is 0 Å². The smallest absolute Gasteiger partial charge is 0.214 e. The van der Waals surface area contributed by atoms with E-state index >= 15 is 0 Å². The van der Waals surface area contributed by atoms with Crippen molar-refractivity contribution in [2.45, 2.75) is 6.92 Å². The molecule has 0 aliphatic carbocycles. The zero-order valence-electron chi connectivity index (χ0n) is 7.90. The standard InChI is InChI=1S/C10H7ClN2OS/c1-6-9(12-13-15-6)10(14)7-2-4-8(11)5-3-7/h2-5H,1H3. The van der Waals surface area contributed by atoms with Crippen LogP contribution in [0.1, 0.15) is 20.9 Å². The lowest BCUT2D eigenvalue weighted by Gasteiger charge is -1.97. The number of aromatic nitrogens is 2. The third-order valence-corrected chi connectivity index (χ3v) is 2.86. The Hall–Kier alpha value is -1.26. The number of hydrogen-bond acceptors (Lipinski definition) is 4. The van der Waals surface area contributed by atoms with E-state index in [9.17, 15) is 4.79 Å². The second kappa shape index (κ2) is 4.08. The van der Waals surface area contributed by atoms with Crippen LogP contribution in [0, 0.1) is 6.92 Å². The van der Waals surface area contributed by atoms with Crippen molar-refractivity contribution in [3.05, 3.63) is 45.4 Å². The van der Waals surface area contributed by atoms with Crippen molar-refractivity contribution in [1.82, 2.24) is 9.59 Å². The average molecular weight is 239 g/mol. The number of carbonyl (C=O) groups excluding carboxylic acids is 1. The second-order valence-electron chi connectivity index (χ2n) is 3.01. The van der Waals surface area contributed by atoms with Gasteiger partial charge in [0.2, 0.25) is 5.78 Å². The molecule has 2 aromatic rings. The highest BCUT2D eigenvalue weighted by atomic mass is 35.5. The number of halogens is 1. The molecular weight excluding hydrogens is 232 g/mol. The van der Waals surface area contributed by atoms with E-state index in [1.165, 1.54) is 11.5 Å². The first-order valence-electron chi connectivity index (χ1n) is 4.27. The fourth-order valence-corrected chi connectivity index (χ4v) is 1.77.